The molecule has 2 nitrogen and oxygen atoms in total. The summed E-state index contributed by atoms with van der Waals surface area (Å²) in [5, 5.41) is 1.15. The molecule has 0 saturated heterocycles. The van der Waals surface area contributed by atoms with Crippen molar-refractivity contribution in [3.63, 3.8) is 0 Å². The molecule has 0 aromatic heterocycles. The highest BCUT2D eigenvalue weighted by atomic mass is 35.5. The number of Topliss-reactive ketones (excluding diaryl/α,β-unsaturated/α-hetero) is 1. The van der Waals surface area contributed by atoms with E-state index in [0.29, 0.717) is 23.0 Å². The Labute approximate surface area is 117 Å². The molecule has 1 aromatic rings. The monoisotopic (exact) mass is 285 g/mol. The predicted octanol–water partition coefficient (Wildman–Crippen LogP) is 3.62. The number of hydrogen-bond donors (Lipinski definition) is 1. The molecule has 2 N–H and O–H groups in total. The average molecular weight is 286 g/mol. The van der Waals surface area contributed by atoms with Crippen molar-refractivity contribution in [1.82, 2.24) is 0 Å². The summed E-state index contributed by atoms with van der Waals surface area (Å²) in [4.78, 5) is 12.4. The van der Waals surface area contributed by atoms with Gasteiger partial charge in [0.1, 0.15) is 5.78 Å². The molecular weight excluding hydrogens is 269 g/mol. The van der Waals surface area contributed by atoms with Crippen LogP contribution in [-0.4, -0.2) is 12.3 Å². The Morgan fingerprint density at radius 2 is 1.94 bits per heavy atom. The van der Waals surface area contributed by atoms with E-state index in [9.17, 15) is 4.79 Å². The lowest BCUT2D eigenvalue weighted by atomic mass is 9.79. The second kappa shape index (κ2) is 5.60. The molecule has 1 saturated carbocycles. The minimum atomic E-state index is -0.317. The zero-order valence-corrected chi connectivity index (χ0v) is 11.7. The fourth-order valence-corrected chi connectivity index (χ4v) is 3.15. The minimum Gasteiger partial charge on any atom is -0.329 e. The Hall–Kier alpha value is -0.570. The fourth-order valence-electron chi connectivity index (χ4n) is 2.67. The van der Waals surface area contributed by atoms with Crippen LogP contribution in [-0.2, 0) is 11.2 Å². The number of carbonyl (C=O) groups is 1. The Morgan fingerprint density at radius 3 is 2.50 bits per heavy atom. The molecule has 98 valence electrons. The van der Waals surface area contributed by atoms with E-state index in [-0.39, 0.29) is 11.2 Å². The van der Waals surface area contributed by atoms with Crippen LogP contribution in [0.25, 0.3) is 0 Å². The highest BCUT2D eigenvalue weighted by Crippen LogP contribution is 2.39. The van der Waals surface area contributed by atoms with Crippen molar-refractivity contribution in [1.29, 1.82) is 0 Å². The SMILES string of the molecule is NCC1(C(=O)Cc2ccc(Cl)cc2Cl)CCCC1. The number of benzene rings is 1. The van der Waals surface area contributed by atoms with Gasteiger partial charge < -0.3 is 5.73 Å². The highest BCUT2D eigenvalue weighted by molar-refractivity contribution is 6.35. The van der Waals surface area contributed by atoms with Gasteiger partial charge in [0.2, 0.25) is 0 Å². The lowest BCUT2D eigenvalue weighted by molar-refractivity contribution is -0.127. The number of halogens is 2. The summed E-state index contributed by atoms with van der Waals surface area (Å²) in [5.74, 6) is 0.215. The molecule has 2 rings (SSSR count). The van der Waals surface area contributed by atoms with Gasteiger partial charge in [-0.3, -0.25) is 4.79 Å². The number of carbonyl (C=O) groups excluding carboxylic acids is 1. The Morgan fingerprint density at radius 1 is 1.28 bits per heavy atom. The van der Waals surface area contributed by atoms with Gasteiger partial charge in [0.05, 0.1) is 0 Å². The van der Waals surface area contributed by atoms with Crippen LogP contribution < -0.4 is 5.73 Å². The molecule has 0 amide bonds. The summed E-state index contributed by atoms with van der Waals surface area (Å²) in [6, 6.07) is 5.26. The van der Waals surface area contributed by atoms with Crippen LogP contribution in [0.15, 0.2) is 18.2 Å². The number of nitrogens with two attached hydrogens (primary N) is 1. The van der Waals surface area contributed by atoms with Gasteiger partial charge in [-0.15, -0.1) is 0 Å². The third-order valence-electron chi connectivity index (χ3n) is 3.91. The minimum absolute atomic E-state index is 0.215. The van der Waals surface area contributed by atoms with Crippen molar-refractivity contribution in [2.75, 3.05) is 6.54 Å². The summed E-state index contributed by atoms with van der Waals surface area (Å²) in [6.07, 6.45) is 4.36. The summed E-state index contributed by atoms with van der Waals surface area (Å²) in [5.41, 5.74) is 6.33. The summed E-state index contributed by atoms with van der Waals surface area (Å²) < 4.78 is 0. The first-order chi connectivity index (χ1) is 8.57. The molecule has 1 aliphatic rings. The fraction of sp³-hybridized carbons (Fsp3) is 0.500. The van der Waals surface area contributed by atoms with Gasteiger partial charge in [-0.2, -0.15) is 0 Å². The van der Waals surface area contributed by atoms with E-state index in [1.807, 2.05) is 6.07 Å². The predicted molar refractivity (Wildman–Crippen MR) is 75.1 cm³/mol. The van der Waals surface area contributed by atoms with Crippen LogP contribution in [0.1, 0.15) is 31.2 Å². The van der Waals surface area contributed by atoms with E-state index in [1.165, 1.54) is 0 Å². The van der Waals surface area contributed by atoms with E-state index in [4.69, 9.17) is 28.9 Å². The van der Waals surface area contributed by atoms with Crippen molar-refractivity contribution in [2.24, 2.45) is 11.1 Å². The standard InChI is InChI=1S/C14H17Cl2NO/c15-11-4-3-10(12(16)8-11)7-13(18)14(9-17)5-1-2-6-14/h3-4,8H,1-2,5-7,9,17H2. The topological polar surface area (TPSA) is 43.1 Å². The van der Waals surface area contributed by atoms with Crippen LogP contribution in [0.2, 0.25) is 10.0 Å². The van der Waals surface area contributed by atoms with Gasteiger partial charge in [0.25, 0.3) is 0 Å². The molecule has 18 heavy (non-hydrogen) atoms. The third-order valence-corrected chi connectivity index (χ3v) is 4.50. The van der Waals surface area contributed by atoms with Crippen LogP contribution in [0.5, 0.6) is 0 Å². The first-order valence-corrected chi connectivity index (χ1v) is 7.00. The molecule has 0 spiro atoms. The largest absolute Gasteiger partial charge is 0.329 e. The van der Waals surface area contributed by atoms with E-state index >= 15 is 0 Å². The molecular formula is C14H17Cl2NO. The van der Waals surface area contributed by atoms with Crippen LogP contribution >= 0.6 is 23.2 Å². The van der Waals surface area contributed by atoms with E-state index in [0.717, 1.165) is 31.2 Å². The average Bonchev–Trinajstić information content (AvgIpc) is 2.82. The molecule has 0 radical (unpaired) electrons. The van der Waals surface area contributed by atoms with Gasteiger partial charge in [0, 0.05) is 28.4 Å². The van der Waals surface area contributed by atoms with E-state index in [1.54, 1.807) is 12.1 Å². The smallest absolute Gasteiger partial charge is 0.144 e. The maximum atomic E-state index is 12.4. The van der Waals surface area contributed by atoms with Gasteiger partial charge in [-0.1, -0.05) is 42.1 Å². The molecule has 1 aromatic carbocycles. The Balaban J connectivity index is 2.15. The van der Waals surface area contributed by atoms with E-state index < -0.39 is 0 Å². The lowest BCUT2D eigenvalue weighted by Crippen LogP contribution is -2.37. The zero-order valence-electron chi connectivity index (χ0n) is 10.2. The van der Waals surface area contributed by atoms with E-state index in [2.05, 4.69) is 0 Å². The third kappa shape index (κ3) is 2.71. The Bertz CT molecular complexity index is 453. The van der Waals surface area contributed by atoms with Gasteiger partial charge in [-0.25, -0.2) is 0 Å². The second-order valence-corrected chi connectivity index (χ2v) is 5.87. The van der Waals surface area contributed by atoms with Crippen LogP contribution in [0.4, 0.5) is 0 Å². The zero-order chi connectivity index (χ0) is 13.2. The van der Waals surface area contributed by atoms with Crippen molar-refractivity contribution in [2.45, 2.75) is 32.1 Å². The number of rotatable bonds is 4. The maximum Gasteiger partial charge on any atom is 0.144 e. The van der Waals surface area contributed by atoms with Crippen molar-refractivity contribution in [3.05, 3.63) is 33.8 Å². The highest BCUT2D eigenvalue weighted by Gasteiger charge is 2.39. The molecule has 4 heteroatoms. The maximum absolute atomic E-state index is 12.4. The molecule has 0 unspecified atom stereocenters. The van der Waals surface area contributed by atoms with Crippen molar-refractivity contribution >= 4 is 29.0 Å². The summed E-state index contributed by atoms with van der Waals surface area (Å²) >= 11 is 11.9. The van der Waals surface area contributed by atoms with Gasteiger partial charge >= 0.3 is 0 Å². The second-order valence-electron chi connectivity index (χ2n) is 5.03. The normalized spacial score (nSPS) is 17.9. The lowest BCUT2D eigenvalue weighted by Gasteiger charge is -2.25. The van der Waals surface area contributed by atoms with Crippen LogP contribution in [0.3, 0.4) is 0 Å². The molecule has 0 bridgehead atoms. The first-order valence-electron chi connectivity index (χ1n) is 6.25. The Kier molecular flexibility index (Phi) is 4.31. The molecule has 0 heterocycles. The van der Waals surface area contributed by atoms with Crippen molar-refractivity contribution < 1.29 is 4.79 Å². The summed E-state index contributed by atoms with van der Waals surface area (Å²) in [6.45, 7) is 0.442. The molecule has 1 aliphatic carbocycles. The number of hydrogen-bond acceptors (Lipinski definition) is 2. The van der Waals surface area contributed by atoms with Crippen LogP contribution in [0, 0.1) is 5.41 Å². The van der Waals surface area contributed by atoms with Gasteiger partial charge in [-0.05, 0) is 30.5 Å². The van der Waals surface area contributed by atoms with Gasteiger partial charge in [0.15, 0.2) is 0 Å². The quantitative estimate of drug-likeness (QED) is 0.918. The summed E-state index contributed by atoms with van der Waals surface area (Å²) in [7, 11) is 0. The molecule has 0 atom stereocenters. The first kappa shape index (κ1) is 13.9. The molecule has 0 aliphatic heterocycles. The molecule has 1 fully saturated rings. The number of ketones is 1. The van der Waals surface area contributed by atoms with Crippen molar-refractivity contribution in [3.8, 4) is 0 Å².